The van der Waals surface area contributed by atoms with Gasteiger partial charge in [-0.3, -0.25) is 43.7 Å². The van der Waals surface area contributed by atoms with Crippen LogP contribution in [0.2, 0.25) is 0 Å². The van der Waals surface area contributed by atoms with E-state index in [2.05, 4.69) is 117 Å². The SMILES string of the molecule is CC(C)=O.CC1(C)O[C@@H]2[C@@H](CNS(=O)(=O)O)OC(c3[nH]nc4c(N)ncnc34)[C@@H]2O1.CC1(C)O[C@@H]2[C@@H](CNS(=O)(=O)O)OC(c3[nH]nc4c(N)ncnc34)[C@@H]2O1.CC1(C)O[C@@H]2[C@@H](CO)OC(c3[nH]nc4c(N)ncnc34)[C@@H]2O1.Cc1ccc(S(=O)(=O)O)cc1.NS(=O)(=O)Cl.Nc1ncnc2c(C3O[C@H](CNS(=O)(=O)O)[C@@H](O)[C@H]3O)[nH]nc12.Nc1ncnc2c(C3O[C@H](CO)[C@@H](O)[C@H]3O)[nH]nc12.O.O. The van der Waals surface area contributed by atoms with Gasteiger partial charge in [0, 0.05) is 30.3 Å². The molecule has 762 valence electrons. The van der Waals surface area contributed by atoms with Crippen LogP contribution in [0.4, 0.5) is 29.1 Å². The minimum absolute atomic E-state index is 0. The normalized spacial score (nSPS) is 27.5. The molecule has 0 amide bonds. The van der Waals surface area contributed by atoms with Crippen molar-refractivity contribution in [2.24, 2.45) is 5.14 Å². The van der Waals surface area contributed by atoms with E-state index in [0.717, 1.165) is 5.56 Å². The fourth-order valence-corrected chi connectivity index (χ4v) is 16.7. The zero-order valence-corrected chi connectivity index (χ0v) is 78.2. The number of aromatic nitrogens is 20. The van der Waals surface area contributed by atoms with Crippen LogP contribution in [-0.2, 0) is 107 Å². The Bertz CT molecular complexity index is 6540. The minimum Gasteiger partial charge on any atom is -0.412 e. The summed E-state index contributed by atoms with van der Waals surface area (Å²) in [4.78, 5) is 49.3. The number of aliphatic hydroxyl groups excluding tert-OH is 6. The van der Waals surface area contributed by atoms with E-state index in [9.17, 15) is 72.4 Å². The maximum absolute atomic E-state index is 11.0. The third-order valence-electron chi connectivity index (χ3n) is 20.6. The Balaban J connectivity index is 0.000000169. The van der Waals surface area contributed by atoms with Gasteiger partial charge in [0.05, 0.1) is 46.6 Å². The number of benzene rings is 1. The number of hydrogen-bond donors (Lipinski definition) is 24. The first-order chi connectivity index (χ1) is 63.4. The Kier molecular flexibility index (Phi) is 34.4. The van der Waals surface area contributed by atoms with Gasteiger partial charge in [-0.1, -0.05) is 17.7 Å². The fraction of sp³-hybridized carbons (Fsp3) is 0.536. The molecule has 0 bridgehead atoms. The van der Waals surface area contributed by atoms with E-state index in [0.29, 0.717) is 78.2 Å². The van der Waals surface area contributed by atoms with Gasteiger partial charge >= 0.3 is 30.9 Å². The summed E-state index contributed by atoms with van der Waals surface area (Å²) in [6.07, 6.45) is -8.87. The number of fused-ring (bicyclic) bond motifs is 8. The van der Waals surface area contributed by atoms with Crippen LogP contribution in [0.5, 0.6) is 0 Å². The van der Waals surface area contributed by atoms with E-state index in [4.69, 9.17) is 104 Å². The van der Waals surface area contributed by atoms with E-state index >= 15 is 0 Å². The lowest BCUT2D eigenvalue weighted by Gasteiger charge is -2.23. The number of halogens is 1. The number of ketones is 1. The summed E-state index contributed by atoms with van der Waals surface area (Å²) in [6, 6.07) is 5.99. The molecule has 20 atom stereocenters. The van der Waals surface area contributed by atoms with Crippen LogP contribution in [0, 0.1) is 6.92 Å². The molecule has 63 nitrogen and oxygen atoms in total. The van der Waals surface area contributed by atoms with Gasteiger partial charge in [-0.2, -0.15) is 81.7 Å². The number of rotatable bonds is 17. The van der Waals surface area contributed by atoms with Gasteiger partial charge in [-0.05, 0) is 74.4 Å². The molecule has 18 heterocycles. The molecule has 69 heteroatoms. The molecular formula is C69H100ClN29O34S5. The molecule has 5 unspecified atom stereocenters. The van der Waals surface area contributed by atoms with E-state index in [-0.39, 0.29) is 88.0 Å². The third-order valence-corrected chi connectivity index (χ3v) is 23.1. The highest BCUT2D eigenvalue weighted by Crippen LogP contribution is 2.50. The van der Waals surface area contributed by atoms with Gasteiger partial charge in [0.25, 0.3) is 19.4 Å². The maximum Gasteiger partial charge on any atom is 0.333 e. The molecule has 8 aliphatic rings. The topological polar surface area (TPSA) is 1020 Å². The second-order valence-corrected chi connectivity index (χ2v) is 39.5. The number of nitrogens with one attached hydrogen (secondary N) is 8. The summed E-state index contributed by atoms with van der Waals surface area (Å²) in [6.45, 7) is 14.2. The number of H-pyrrole nitrogens is 5. The molecule has 8 fully saturated rings. The number of nitrogens with two attached hydrogens (primary N) is 6. The fourth-order valence-electron chi connectivity index (χ4n) is 15.1. The minimum atomic E-state index is -4.44. The second kappa shape index (κ2) is 43.4. The maximum atomic E-state index is 11.0. The highest BCUT2D eigenvalue weighted by atomic mass is 35.7. The van der Waals surface area contributed by atoms with Crippen LogP contribution in [0.1, 0.15) is 120 Å². The van der Waals surface area contributed by atoms with Crippen molar-refractivity contribution in [2.45, 2.75) is 207 Å². The molecule has 138 heavy (non-hydrogen) atoms. The lowest BCUT2D eigenvalue weighted by molar-refractivity contribution is -0.191. The molecular weight excluding hydrogens is 1970 g/mol. The molecule has 11 aromatic rings. The largest absolute Gasteiger partial charge is 0.412 e. The highest BCUT2D eigenvalue weighted by molar-refractivity contribution is 8.11. The Labute approximate surface area is 783 Å². The van der Waals surface area contributed by atoms with Crippen molar-refractivity contribution in [1.82, 2.24) is 115 Å². The van der Waals surface area contributed by atoms with Crippen molar-refractivity contribution < 1.29 is 159 Å². The summed E-state index contributed by atoms with van der Waals surface area (Å²) >= 11 is 0. The standard InChI is InChI=1S/2C13H18N6O6S.C13H17N5O4.C10H14N6O6S.C10H13N5O4.C7H8O3S.C3H6O.ClH2NO2S.2H2O/c2*1-13(2)24-9-5(3-17-26(20,21)22)23-10(11(9)25-13)7-6-8(19-18-7)12(14)16-4-15-6;1-13(2)21-9-5(3-19)20-10(11(9)22-13)7-6-8(18-17-7)12(14)16-4-15-6;11-10-6-4(12-2-13-10)5(15-16-6)9-8(18)7(17)3(22-9)1-14-23(19,20)21;11-10-6-4(12-2-13-10)5(14-15-6)9-8(18)7(17)3(1-16)19-9;1-6-2-4-7(5-3-6)11(8,9)10;1-3(2)4;1-5(2,3)4;;/h2*4-5,9-11,17H,3H2,1-2H3,(H,18,19)(H2,14,15,16)(H,20,21,22);4-5,9-11,19H,3H2,1-2H3,(H,17,18)(H2,14,15,16);2-3,7-9,14,17-18H,1H2,(H,15,16)(H2,11,12,13)(H,19,20,21);2-3,7-9,16-18H,1H2,(H,14,15)(H2,11,12,13);2-5H,1H3,(H,8,9,10);1-2H3;(H2,2,3,4);2*1H2/t3*5-,9-,10?,11-;2*3-,7-,8-,9?;;;;;/m11111...../s1. The summed E-state index contributed by atoms with van der Waals surface area (Å²) in [7, 11) is -16.6. The van der Waals surface area contributed by atoms with Crippen molar-refractivity contribution in [1.29, 1.82) is 0 Å². The Morgan fingerprint density at radius 2 is 0.601 bits per heavy atom. The van der Waals surface area contributed by atoms with Crippen molar-refractivity contribution in [3.63, 3.8) is 0 Å². The second-order valence-electron chi connectivity index (χ2n) is 32.1. The Hall–Kier alpha value is -10.4. The smallest absolute Gasteiger partial charge is 0.333 e. The van der Waals surface area contributed by atoms with Gasteiger partial charge in [0.15, 0.2) is 74.0 Å². The number of Topliss-reactive ketones (excluding diaryl/α,β-unsaturated/α-hetero) is 1. The molecule has 8 aliphatic heterocycles. The van der Waals surface area contributed by atoms with Crippen molar-refractivity contribution >= 4 is 151 Å². The van der Waals surface area contributed by atoms with Crippen LogP contribution in [0.25, 0.3) is 55.2 Å². The predicted molar refractivity (Wildman–Crippen MR) is 470 cm³/mol. The quantitative estimate of drug-likeness (QED) is 0.0298. The average molecular weight is 2080 g/mol. The van der Waals surface area contributed by atoms with Gasteiger partial charge in [-0.15, -0.1) is 0 Å². The number of aryl methyl sites for hydroxylation is 1. The van der Waals surface area contributed by atoms with Crippen molar-refractivity contribution in [3.05, 3.63) is 89.9 Å². The highest BCUT2D eigenvalue weighted by Gasteiger charge is 2.60. The lowest BCUT2D eigenvalue weighted by atomic mass is 10.1. The van der Waals surface area contributed by atoms with E-state index < -0.39 is 191 Å². The third kappa shape index (κ3) is 26.2. The van der Waals surface area contributed by atoms with Gasteiger partial charge in [-0.25, -0.2) is 55.0 Å². The number of ether oxygens (including phenoxy) is 11. The number of aliphatic hydroxyl groups is 6. The molecule has 34 N–H and O–H groups in total. The number of hydrogen-bond acceptors (Lipinski definition) is 48. The van der Waals surface area contributed by atoms with Gasteiger partial charge in [0.2, 0.25) is 0 Å². The van der Waals surface area contributed by atoms with E-state index in [1.165, 1.54) is 57.6 Å². The first-order valence-corrected chi connectivity index (χ1v) is 48.0. The van der Waals surface area contributed by atoms with E-state index in [1.54, 1.807) is 44.5 Å². The van der Waals surface area contributed by atoms with Crippen LogP contribution in [0.3, 0.4) is 0 Å². The average Bonchev–Trinajstić information content (AvgIpc) is 1.59. The molecule has 0 aliphatic carbocycles. The van der Waals surface area contributed by atoms with Crippen molar-refractivity contribution in [2.75, 3.05) is 61.5 Å². The number of aromatic amines is 5. The summed E-state index contributed by atoms with van der Waals surface area (Å²) in [5, 5.41) is 96.6. The lowest BCUT2D eigenvalue weighted by Crippen LogP contribution is -2.39. The number of nitrogen functional groups attached to an aromatic ring is 5. The number of nitrogens with zero attached hydrogens (tertiary/aromatic N) is 15. The summed E-state index contributed by atoms with van der Waals surface area (Å²) in [5.41, 5.74) is 36.3. The number of carbonyl (C=O) groups is 1. The summed E-state index contributed by atoms with van der Waals surface area (Å²) < 4.78 is 210. The molecule has 0 radical (unpaired) electrons. The number of carbonyl (C=O) groups excluding carboxylic acids is 1. The predicted octanol–water partition coefficient (Wildman–Crippen LogP) is -6.34. The van der Waals surface area contributed by atoms with Crippen LogP contribution in [-0.4, -0.2) is 350 Å². The first kappa shape index (κ1) is 110. The van der Waals surface area contributed by atoms with Gasteiger partial charge < -0.3 is 127 Å². The van der Waals surface area contributed by atoms with Crippen LogP contribution >= 0.6 is 10.7 Å². The Morgan fingerprint density at radius 3 is 0.855 bits per heavy atom. The first-order valence-electron chi connectivity index (χ1n) is 39.8. The molecule has 19 rings (SSSR count). The van der Waals surface area contributed by atoms with E-state index in [1.807, 2.05) is 30.2 Å². The zero-order chi connectivity index (χ0) is 99.8. The monoisotopic (exact) mass is 2070 g/mol. The number of anilines is 5. The molecule has 8 saturated heterocycles. The molecule has 0 saturated carbocycles. The molecule has 0 spiro atoms. The van der Waals surface area contributed by atoms with Crippen LogP contribution < -0.4 is 48.0 Å². The molecule has 1 aromatic carbocycles. The zero-order valence-electron chi connectivity index (χ0n) is 73.3. The summed E-state index contributed by atoms with van der Waals surface area (Å²) in [5.74, 6) is -1.23. The van der Waals surface area contributed by atoms with Crippen LogP contribution in [0.15, 0.2) is 60.8 Å². The van der Waals surface area contributed by atoms with Gasteiger partial charge in [0.1, 0.15) is 187 Å². The van der Waals surface area contributed by atoms with Crippen molar-refractivity contribution in [3.8, 4) is 0 Å². The Morgan fingerprint density at radius 1 is 0.377 bits per heavy atom. The molecule has 10 aromatic heterocycles.